The fourth-order valence-corrected chi connectivity index (χ4v) is 2.63. The molecule has 0 radical (unpaired) electrons. The molecule has 0 aliphatic heterocycles. The van der Waals surface area contributed by atoms with Crippen molar-refractivity contribution in [3.63, 3.8) is 0 Å². The molecular weight excluding hydrogens is 260 g/mol. The Balaban J connectivity index is 1.88. The van der Waals surface area contributed by atoms with E-state index in [4.69, 9.17) is 4.42 Å². The number of rotatable bonds is 2. The molecule has 0 bridgehead atoms. The van der Waals surface area contributed by atoms with E-state index in [0.29, 0.717) is 5.76 Å². The van der Waals surface area contributed by atoms with Gasteiger partial charge in [0, 0.05) is 22.8 Å². The minimum absolute atomic E-state index is 0.229. The van der Waals surface area contributed by atoms with E-state index in [0.717, 1.165) is 27.1 Å². The smallest absolute Gasteiger partial charge is 0.291 e. The van der Waals surface area contributed by atoms with Gasteiger partial charge in [-0.05, 0) is 49.6 Å². The largest absolute Gasteiger partial charge is 0.456 e. The highest BCUT2D eigenvalue weighted by Crippen LogP contribution is 2.23. The van der Waals surface area contributed by atoms with Crippen LogP contribution in [0, 0.1) is 13.8 Å². The van der Waals surface area contributed by atoms with E-state index in [1.165, 1.54) is 11.5 Å². The molecule has 5 heteroatoms. The van der Waals surface area contributed by atoms with E-state index in [1.54, 1.807) is 6.20 Å². The van der Waals surface area contributed by atoms with Crippen molar-refractivity contribution in [1.82, 2.24) is 4.37 Å². The first kappa shape index (κ1) is 11.9. The zero-order chi connectivity index (χ0) is 13.4. The Morgan fingerprint density at radius 3 is 2.89 bits per heavy atom. The van der Waals surface area contributed by atoms with E-state index < -0.39 is 0 Å². The molecule has 1 amide bonds. The van der Waals surface area contributed by atoms with Crippen LogP contribution in [-0.4, -0.2) is 10.3 Å². The number of aromatic nitrogens is 1. The number of nitrogens with zero attached hydrogens (tertiary/aromatic N) is 1. The minimum atomic E-state index is -0.229. The molecule has 3 aromatic rings. The molecule has 1 aromatic carbocycles. The van der Waals surface area contributed by atoms with Crippen LogP contribution in [0.3, 0.4) is 0 Å². The average Bonchev–Trinajstić information content (AvgIpc) is 2.94. The van der Waals surface area contributed by atoms with Crippen molar-refractivity contribution in [3.8, 4) is 0 Å². The number of hydrogen-bond acceptors (Lipinski definition) is 4. The van der Waals surface area contributed by atoms with Crippen molar-refractivity contribution in [3.05, 3.63) is 47.5 Å². The van der Waals surface area contributed by atoms with Crippen molar-refractivity contribution in [2.45, 2.75) is 13.8 Å². The summed E-state index contributed by atoms with van der Waals surface area (Å²) in [5.74, 6) is 0.870. The maximum atomic E-state index is 12.1. The third-order valence-corrected chi connectivity index (χ3v) is 3.64. The van der Waals surface area contributed by atoms with Crippen LogP contribution in [0.2, 0.25) is 0 Å². The van der Waals surface area contributed by atoms with Gasteiger partial charge in [0.25, 0.3) is 5.91 Å². The summed E-state index contributed by atoms with van der Waals surface area (Å²) in [4.78, 5) is 12.1. The topological polar surface area (TPSA) is 55.1 Å². The van der Waals surface area contributed by atoms with Crippen LogP contribution >= 0.6 is 11.5 Å². The van der Waals surface area contributed by atoms with Crippen LogP contribution in [0.5, 0.6) is 0 Å². The third kappa shape index (κ3) is 2.24. The van der Waals surface area contributed by atoms with Crippen molar-refractivity contribution in [1.29, 1.82) is 0 Å². The molecule has 0 fully saturated rings. The molecule has 3 rings (SSSR count). The zero-order valence-electron chi connectivity index (χ0n) is 10.6. The van der Waals surface area contributed by atoms with E-state index in [2.05, 4.69) is 9.69 Å². The van der Waals surface area contributed by atoms with E-state index >= 15 is 0 Å². The van der Waals surface area contributed by atoms with Crippen LogP contribution in [-0.2, 0) is 0 Å². The van der Waals surface area contributed by atoms with Gasteiger partial charge in [-0.1, -0.05) is 0 Å². The molecule has 2 aromatic heterocycles. The van der Waals surface area contributed by atoms with E-state index in [1.807, 2.05) is 38.1 Å². The van der Waals surface area contributed by atoms with Gasteiger partial charge in [-0.3, -0.25) is 4.79 Å². The zero-order valence-corrected chi connectivity index (χ0v) is 11.4. The van der Waals surface area contributed by atoms with E-state index in [-0.39, 0.29) is 5.91 Å². The Morgan fingerprint density at radius 1 is 1.32 bits per heavy atom. The van der Waals surface area contributed by atoms with Crippen molar-refractivity contribution in [2.24, 2.45) is 0 Å². The number of nitrogens with one attached hydrogen (secondary N) is 1. The molecule has 0 aliphatic carbocycles. The van der Waals surface area contributed by atoms with Crippen LogP contribution in [0.25, 0.3) is 10.1 Å². The quantitative estimate of drug-likeness (QED) is 0.772. The lowest BCUT2D eigenvalue weighted by atomic mass is 10.2. The normalized spacial score (nSPS) is 10.8. The lowest BCUT2D eigenvalue weighted by molar-refractivity contribution is 0.0994. The third-order valence-electron chi connectivity index (χ3n) is 2.86. The summed E-state index contributed by atoms with van der Waals surface area (Å²) in [6, 6.07) is 7.56. The Labute approximate surface area is 114 Å². The van der Waals surface area contributed by atoms with Gasteiger partial charge in [0.1, 0.15) is 5.76 Å². The number of benzene rings is 1. The van der Waals surface area contributed by atoms with Crippen molar-refractivity contribution < 1.29 is 9.21 Å². The molecular formula is C14H12N2O2S. The molecule has 4 nitrogen and oxygen atoms in total. The standard InChI is InChI=1S/C14H12N2O2S/c1-8-5-9(2)18-13(8)14(17)16-11-3-4-12-10(6-11)7-15-19-12/h3-7H,1-2H3,(H,16,17). The summed E-state index contributed by atoms with van der Waals surface area (Å²) in [6.45, 7) is 3.68. The number of carbonyl (C=O) groups excluding carboxylic acids is 1. The van der Waals surface area contributed by atoms with Crippen LogP contribution < -0.4 is 5.32 Å². The van der Waals surface area contributed by atoms with Crippen LogP contribution in [0.4, 0.5) is 5.69 Å². The van der Waals surface area contributed by atoms with E-state index in [9.17, 15) is 4.79 Å². The Hall–Kier alpha value is -2.14. The van der Waals surface area contributed by atoms with Gasteiger partial charge in [0.15, 0.2) is 5.76 Å². The number of hydrogen-bond donors (Lipinski definition) is 1. The predicted octanol–water partition coefficient (Wildman–Crippen LogP) is 3.76. The molecule has 0 spiro atoms. The van der Waals surface area contributed by atoms with Crippen LogP contribution in [0.15, 0.2) is 34.9 Å². The summed E-state index contributed by atoms with van der Waals surface area (Å²) in [7, 11) is 0. The van der Waals surface area contributed by atoms with Gasteiger partial charge in [-0.15, -0.1) is 0 Å². The SMILES string of the molecule is Cc1cc(C)c(C(=O)Nc2ccc3sncc3c2)o1. The molecule has 0 saturated heterocycles. The minimum Gasteiger partial charge on any atom is -0.456 e. The lowest BCUT2D eigenvalue weighted by Crippen LogP contribution is -2.11. The number of furan rings is 1. The Kier molecular flexibility index (Phi) is 2.83. The lowest BCUT2D eigenvalue weighted by Gasteiger charge is -2.03. The highest BCUT2D eigenvalue weighted by Gasteiger charge is 2.14. The number of fused-ring (bicyclic) bond motifs is 1. The van der Waals surface area contributed by atoms with Crippen molar-refractivity contribution >= 4 is 33.2 Å². The monoisotopic (exact) mass is 272 g/mol. The van der Waals surface area contributed by atoms with Crippen molar-refractivity contribution in [2.75, 3.05) is 5.32 Å². The molecule has 0 saturated carbocycles. The first-order chi connectivity index (χ1) is 9.13. The molecule has 96 valence electrons. The van der Waals surface area contributed by atoms with Gasteiger partial charge in [0.2, 0.25) is 0 Å². The first-order valence-electron chi connectivity index (χ1n) is 5.86. The van der Waals surface area contributed by atoms with Gasteiger partial charge in [-0.25, -0.2) is 0 Å². The number of amides is 1. The summed E-state index contributed by atoms with van der Waals surface area (Å²) in [6.07, 6.45) is 1.79. The first-order valence-corrected chi connectivity index (χ1v) is 6.63. The van der Waals surface area contributed by atoms with Crippen LogP contribution in [0.1, 0.15) is 21.9 Å². The maximum Gasteiger partial charge on any atom is 0.291 e. The summed E-state index contributed by atoms with van der Waals surface area (Å²) >= 11 is 1.44. The predicted molar refractivity (Wildman–Crippen MR) is 75.8 cm³/mol. The number of aryl methyl sites for hydroxylation is 2. The average molecular weight is 272 g/mol. The highest BCUT2D eigenvalue weighted by molar-refractivity contribution is 7.13. The second kappa shape index (κ2) is 4.51. The second-order valence-corrected chi connectivity index (χ2v) is 5.23. The Morgan fingerprint density at radius 2 is 2.16 bits per heavy atom. The highest BCUT2D eigenvalue weighted by atomic mass is 32.1. The maximum absolute atomic E-state index is 12.1. The summed E-state index contributed by atoms with van der Waals surface area (Å²) < 4.78 is 10.6. The van der Waals surface area contributed by atoms with Gasteiger partial charge in [0.05, 0.1) is 4.70 Å². The second-order valence-electron chi connectivity index (χ2n) is 4.40. The molecule has 0 atom stereocenters. The summed E-state index contributed by atoms with van der Waals surface area (Å²) in [5, 5.41) is 3.86. The molecule has 0 unspecified atom stereocenters. The Bertz CT molecular complexity index is 758. The number of carbonyl (C=O) groups is 1. The molecule has 1 N–H and O–H groups in total. The van der Waals surface area contributed by atoms with Gasteiger partial charge in [-0.2, -0.15) is 4.37 Å². The molecule has 0 aliphatic rings. The van der Waals surface area contributed by atoms with Gasteiger partial charge < -0.3 is 9.73 Å². The molecule has 19 heavy (non-hydrogen) atoms. The number of anilines is 1. The molecule has 2 heterocycles. The fraction of sp³-hybridized carbons (Fsp3) is 0.143. The summed E-state index contributed by atoms with van der Waals surface area (Å²) in [5.41, 5.74) is 1.58. The van der Waals surface area contributed by atoms with Gasteiger partial charge >= 0.3 is 0 Å². The fourth-order valence-electron chi connectivity index (χ4n) is 2.00.